The van der Waals surface area contributed by atoms with Gasteiger partial charge in [0.2, 0.25) is 6.54 Å². The van der Waals surface area contributed by atoms with Crippen molar-refractivity contribution in [2.75, 3.05) is 6.54 Å². The first-order valence-electron chi connectivity index (χ1n) is 6.59. The lowest BCUT2D eigenvalue weighted by Gasteiger charge is -2.18. The number of hydrogen-bond donors (Lipinski definition) is 1. The first-order chi connectivity index (χ1) is 9.54. The summed E-state index contributed by atoms with van der Waals surface area (Å²) >= 11 is 1.18. The van der Waals surface area contributed by atoms with Crippen LogP contribution in [-0.2, 0) is 4.79 Å². The van der Waals surface area contributed by atoms with Gasteiger partial charge in [-0.3, -0.25) is 14.9 Å². The molecule has 2 unspecified atom stereocenters. The zero-order valence-electron chi connectivity index (χ0n) is 11.4. The van der Waals surface area contributed by atoms with Gasteiger partial charge in [0.15, 0.2) is 0 Å². The highest BCUT2D eigenvalue weighted by molar-refractivity contribution is 8.00. The van der Waals surface area contributed by atoms with Gasteiger partial charge in [-0.25, -0.2) is 0 Å². The van der Waals surface area contributed by atoms with Crippen molar-refractivity contribution in [3.8, 4) is 0 Å². The highest BCUT2D eigenvalue weighted by atomic mass is 32.2. The molecule has 0 aliphatic heterocycles. The van der Waals surface area contributed by atoms with Crippen LogP contribution >= 0.6 is 11.8 Å². The van der Waals surface area contributed by atoms with Gasteiger partial charge in [-0.2, -0.15) is 0 Å². The van der Waals surface area contributed by atoms with E-state index in [2.05, 4.69) is 0 Å². The number of benzene rings is 1. The molecule has 20 heavy (non-hydrogen) atoms. The van der Waals surface area contributed by atoms with E-state index in [-0.39, 0.29) is 11.5 Å². The molecule has 0 aliphatic rings. The fourth-order valence-electron chi connectivity index (χ4n) is 1.87. The van der Waals surface area contributed by atoms with Crippen molar-refractivity contribution >= 4 is 17.7 Å². The molecule has 0 fully saturated rings. The molecular weight excluding hydrogens is 278 g/mol. The van der Waals surface area contributed by atoms with E-state index in [1.807, 2.05) is 25.1 Å². The van der Waals surface area contributed by atoms with Crippen LogP contribution in [-0.4, -0.2) is 27.8 Å². The Labute approximate surface area is 122 Å². The molecule has 0 radical (unpaired) electrons. The molecule has 6 heteroatoms. The maximum absolute atomic E-state index is 11.3. The molecule has 0 saturated heterocycles. The van der Waals surface area contributed by atoms with Gasteiger partial charge in [0, 0.05) is 4.92 Å². The van der Waals surface area contributed by atoms with Crippen molar-refractivity contribution in [2.24, 2.45) is 0 Å². The Morgan fingerprint density at radius 2 is 2.05 bits per heavy atom. The number of nitro groups is 1. The molecule has 0 amide bonds. The second kappa shape index (κ2) is 8.58. The molecule has 2 atom stereocenters. The lowest BCUT2D eigenvalue weighted by atomic mass is 10.1. The Hall–Kier alpha value is -1.56. The van der Waals surface area contributed by atoms with Crippen molar-refractivity contribution in [1.82, 2.24) is 0 Å². The molecule has 1 aromatic rings. The standard InChI is InChI=1S/C14H19NO4S/c1-2-3-9-12(14(16)17)20-13(10-15(18)19)11-7-5-4-6-8-11/h4-8,12-13H,2-3,9-10H2,1H3,(H,16,17). The fraction of sp³-hybridized carbons (Fsp3) is 0.500. The number of aliphatic carboxylic acids is 1. The van der Waals surface area contributed by atoms with Gasteiger partial charge in [0.25, 0.3) is 0 Å². The molecule has 0 aromatic heterocycles. The first-order valence-corrected chi connectivity index (χ1v) is 7.53. The normalized spacial score (nSPS) is 13.7. The molecular formula is C14H19NO4S. The van der Waals surface area contributed by atoms with E-state index in [9.17, 15) is 20.0 Å². The van der Waals surface area contributed by atoms with Crippen molar-refractivity contribution in [2.45, 2.75) is 36.7 Å². The summed E-state index contributed by atoms with van der Waals surface area (Å²) in [5.41, 5.74) is 0.803. The van der Waals surface area contributed by atoms with Gasteiger partial charge in [0.05, 0.1) is 5.25 Å². The highest BCUT2D eigenvalue weighted by Crippen LogP contribution is 2.34. The van der Waals surface area contributed by atoms with Crippen LogP contribution in [0.2, 0.25) is 0 Å². The summed E-state index contributed by atoms with van der Waals surface area (Å²) in [6, 6.07) is 9.07. The Bertz CT molecular complexity index is 438. The number of carbonyl (C=O) groups is 1. The van der Waals surface area contributed by atoms with Gasteiger partial charge in [-0.1, -0.05) is 50.1 Å². The number of carboxylic acid groups (broad SMARTS) is 1. The van der Waals surface area contributed by atoms with Crippen LogP contribution in [0.5, 0.6) is 0 Å². The third-order valence-electron chi connectivity index (χ3n) is 2.91. The molecule has 0 bridgehead atoms. The summed E-state index contributed by atoms with van der Waals surface area (Å²) in [6.45, 7) is 1.74. The van der Waals surface area contributed by atoms with Crippen molar-refractivity contribution < 1.29 is 14.8 Å². The minimum absolute atomic E-state index is 0.259. The van der Waals surface area contributed by atoms with Gasteiger partial charge in [-0.15, -0.1) is 11.8 Å². The maximum Gasteiger partial charge on any atom is 0.316 e. The molecule has 0 heterocycles. The van der Waals surface area contributed by atoms with E-state index in [1.54, 1.807) is 12.1 Å². The van der Waals surface area contributed by atoms with E-state index in [0.29, 0.717) is 6.42 Å². The van der Waals surface area contributed by atoms with Crippen LogP contribution in [0.1, 0.15) is 37.0 Å². The number of rotatable bonds is 9. The summed E-state index contributed by atoms with van der Waals surface area (Å²) in [5, 5.41) is 19.0. The fourth-order valence-corrected chi connectivity index (χ4v) is 3.21. The molecule has 1 rings (SSSR count). The van der Waals surface area contributed by atoms with Gasteiger partial charge >= 0.3 is 5.97 Å². The monoisotopic (exact) mass is 297 g/mol. The van der Waals surface area contributed by atoms with Crippen molar-refractivity contribution in [1.29, 1.82) is 0 Å². The Balaban J connectivity index is 2.82. The topological polar surface area (TPSA) is 80.4 Å². The molecule has 0 spiro atoms. The summed E-state index contributed by atoms with van der Waals surface area (Å²) in [7, 11) is 0. The van der Waals surface area contributed by atoms with Gasteiger partial charge in [0.1, 0.15) is 5.25 Å². The van der Waals surface area contributed by atoms with E-state index >= 15 is 0 Å². The molecule has 5 nitrogen and oxygen atoms in total. The average molecular weight is 297 g/mol. The SMILES string of the molecule is CCCCC(SC(C[N+](=O)[O-])c1ccccc1)C(=O)O. The van der Waals surface area contributed by atoms with Crippen LogP contribution in [0.15, 0.2) is 30.3 Å². The summed E-state index contributed by atoms with van der Waals surface area (Å²) in [4.78, 5) is 21.7. The first kappa shape index (κ1) is 16.5. The summed E-state index contributed by atoms with van der Waals surface area (Å²) in [5.74, 6) is -0.896. The predicted octanol–water partition coefficient (Wildman–Crippen LogP) is 3.38. The highest BCUT2D eigenvalue weighted by Gasteiger charge is 2.27. The minimum atomic E-state index is -0.896. The zero-order valence-corrected chi connectivity index (χ0v) is 12.2. The van der Waals surface area contributed by atoms with Crippen LogP contribution in [0.4, 0.5) is 0 Å². The number of carboxylic acids is 1. The van der Waals surface area contributed by atoms with Gasteiger partial charge in [-0.05, 0) is 12.0 Å². The summed E-state index contributed by atoms with van der Waals surface area (Å²) in [6.07, 6.45) is 2.26. The quantitative estimate of drug-likeness (QED) is 0.558. The van der Waals surface area contributed by atoms with E-state index in [1.165, 1.54) is 11.8 Å². The third kappa shape index (κ3) is 5.61. The van der Waals surface area contributed by atoms with Gasteiger partial charge < -0.3 is 5.11 Å². The third-order valence-corrected chi connectivity index (χ3v) is 4.43. The van der Waals surface area contributed by atoms with Crippen molar-refractivity contribution in [3.63, 3.8) is 0 Å². The lowest BCUT2D eigenvalue weighted by molar-refractivity contribution is -0.479. The Morgan fingerprint density at radius 1 is 1.40 bits per heavy atom. The van der Waals surface area contributed by atoms with Crippen LogP contribution < -0.4 is 0 Å². The number of unbranched alkanes of at least 4 members (excludes halogenated alkanes) is 1. The van der Waals surface area contributed by atoms with Crippen LogP contribution in [0.3, 0.4) is 0 Å². The second-order valence-corrected chi connectivity index (χ2v) is 5.93. The number of nitrogens with zero attached hydrogens (tertiary/aromatic N) is 1. The zero-order chi connectivity index (χ0) is 15.0. The molecule has 0 saturated carbocycles. The number of thioether (sulfide) groups is 1. The molecule has 110 valence electrons. The smallest absolute Gasteiger partial charge is 0.316 e. The molecule has 1 N–H and O–H groups in total. The van der Waals surface area contributed by atoms with E-state index < -0.39 is 16.5 Å². The Morgan fingerprint density at radius 3 is 2.55 bits per heavy atom. The largest absolute Gasteiger partial charge is 0.480 e. The lowest BCUT2D eigenvalue weighted by Crippen LogP contribution is -2.20. The molecule has 0 aliphatic carbocycles. The maximum atomic E-state index is 11.3. The van der Waals surface area contributed by atoms with Crippen LogP contribution in [0, 0.1) is 10.1 Å². The van der Waals surface area contributed by atoms with E-state index in [4.69, 9.17) is 0 Å². The second-order valence-electron chi connectivity index (χ2n) is 4.52. The minimum Gasteiger partial charge on any atom is -0.480 e. The number of hydrogen-bond acceptors (Lipinski definition) is 4. The van der Waals surface area contributed by atoms with E-state index in [0.717, 1.165) is 18.4 Å². The molecule has 1 aromatic carbocycles. The Kier molecular flexibility index (Phi) is 7.08. The van der Waals surface area contributed by atoms with Crippen molar-refractivity contribution in [3.05, 3.63) is 46.0 Å². The average Bonchev–Trinajstić information content (AvgIpc) is 2.42. The van der Waals surface area contributed by atoms with Crippen LogP contribution in [0.25, 0.3) is 0 Å². The predicted molar refractivity (Wildman–Crippen MR) is 79.6 cm³/mol. The summed E-state index contributed by atoms with van der Waals surface area (Å²) < 4.78 is 0.